The molecule has 174 valence electrons. The quantitative estimate of drug-likeness (QED) is 0.124. The second-order valence-corrected chi connectivity index (χ2v) is 13.0. The molecule has 0 fully saturated rings. The van der Waals surface area contributed by atoms with Crippen LogP contribution in [-0.2, 0) is 7.87 Å². The molecule has 0 aliphatic rings. The topological polar surface area (TPSA) is 115 Å². The third kappa shape index (κ3) is 38.8. The van der Waals surface area contributed by atoms with Crippen LogP contribution in [0, 0.1) is 0 Å². The number of unbranched alkanes of at least 4 members (excludes halogenated alkanes) is 8. The Morgan fingerprint density at radius 3 is 1.69 bits per heavy atom. The molecule has 4 N–H and O–H groups in total. The van der Waals surface area contributed by atoms with E-state index in [1.54, 1.807) is 0 Å². The van der Waals surface area contributed by atoms with Gasteiger partial charge in [-0.25, -0.2) is 0 Å². The maximum atomic E-state index is 11.2. The Kier molecular flexibility index (Phi) is 34.3. The van der Waals surface area contributed by atoms with E-state index < -0.39 is 31.8 Å². The van der Waals surface area contributed by atoms with Crippen LogP contribution < -0.4 is 0 Å². The number of carboxylic acids is 1. The maximum Gasteiger partial charge on any atom is 0.100 e. The van der Waals surface area contributed by atoms with Gasteiger partial charge in [0.25, 0.3) is 0 Å². The van der Waals surface area contributed by atoms with Gasteiger partial charge < -0.3 is 20.4 Å². The van der Waals surface area contributed by atoms with E-state index in [-0.39, 0.29) is 13.2 Å². The molecule has 0 aromatic carbocycles. The number of carboxylic acid groups (broad SMARTS) is 1. The van der Waals surface area contributed by atoms with Gasteiger partial charge in [0, 0.05) is 6.42 Å². The summed E-state index contributed by atoms with van der Waals surface area (Å²) in [4.78, 5) is 10.2. The summed E-state index contributed by atoms with van der Waals surface area (Å²) in [6, 6.07) is 0. The third-order valence-corrected chi connectivity index (χ3v) is 9.29. The Morgan fingerprint density at radius 1 is 0.897 bits per heavy atom. The molecular weight excluding hydrogens is 479 g/mol. The summed E-state index contributed by atoms with van der Waals surface area (Å²) >= 11 is -1.99. The van der Waals surface area contributed by atoms with E-state index in [1.165, 1.54) is 51.4 Å². The molecule has 0 spiro atoms. The van der Waals surface area contributed by atoms with Crippen LogP contribution >= 0.6 is 0 Å². The van der Waals surface area contributed by atoms with Crippen LogP contribution in [0.25, 0.3) is 0 Å². The van der Waals surface area contributed by atoms with Gasteiger partial charge in [-0.15, -0.1) is 6.58 Å². The van der Waals surface area contributed by atoms with Crippen molar-refractivity contribution in [2.24, 2.45) is 0 Å². The first kappa shape index (κ1) is 33.3. The van der Waals surface area contributed by atoms with E-state index in [0.717, 1.165) is 28.1 Å². The van der Waals surface area contributed by atoms with Crippen LogP contribution in [0.4, 0.5) is 0 Å². The van der Waals surface area contributed by atoms with Crippen molar-refractivity contribution in [3.63, 3.8) is 0 Å². The van der Waals surface area contributed by atoms with E-state index in [4.69, 9.17) is 20.4 Å². The van der Waals surface area contributed by atoms with E-state index in [0.29, 0.717) is 6.42 Å². The van der Waals surface area contributed by atoms with Gasteiger partial charge in [0.2, 0.25) is 0 Å². The normalized spacial score (nSPS) is 9.86. The van der Waals surface area contributed by atoms with E-state index in [1.807, 2.05) is 6.08 Å². The second-order valence-electron chi connectivity index (χ2n) is 7.11. The summed E-state index contributed by atoms with van der Waals surface area (Å²) in [7, 11) is 0. The van der Waals surface area contributed by atoms with E-state index in [2.05, 4.69) is 20.4 Å². The Bertz CT molecular complexity index is 349. The molecule has 0 heterocycles. The molecule has 0 atom stereocenters. The SMILES string of the molecule is C=CCCCCCCCCC(=O)O.CCC[CH2][Sn](=[O])[CH2]CCC.OCC(O)CO. The van der Waals surface area contributed by atoms with Crippen LogP contribution in [0.3, 0.4) is 0 Å². The molecule has 0 rings (SSSR count). The molecule has 0 aromatic rings. The van der Waals surface area contributed by atoms with Crippen LogP contribution in [0.1, 0.15) is 90.9 Å². The Hall–Kier alpha value is -0.311. The zero-order valence-corrected chi connectivity index (χ0v) is 21.6. The Morgan fingerprint density at radius 2 is 1.34 bits per heavy atom. The fourth-order valence-electron chi connectivity index (χ4n) is 2.20. The maximum absolute atomic E-state index is 11.2. The summed E-state index contributed by atoms with van der Waals surface area (Å²) in [5.41, 5.74) is 0. The van der Waals surface area contributed by atoms with Crippen molar-refractivity contribution in [1.82, 2.24) is 0 Å². The van der Waals surface area contributed by atoms with Crippen LogP contribution in [0.15, 0.2) is 12.7 Å². The molecule has 0 aliphatic carbocycles. The molecule has 0 unspecified atom stereocenters. The zero-order chi connectivity index (χ0) is 22.8. The summed E-state index contributed by atoms with van der Waals surface area (Å²) in [6.45, 7) is 7.26. The van der Waals surface area contributed by atoms with Gasteiger partial charge in [-0.3, -0.25) is 4.79 Å². The zero-order valence-electron chi connectivity index (χ0n) is 18.8. The van der Waals surface area contributed by atoms with Crippen molar-refractivity contribution < 1.29 is 28.3 Å². The first-order chi connectivity index (χ1) is 13.9. The minimum absolute atomic E-state index is 0.326. The monoisotopic (exact) mass is 526 g/mol. The van der Waals surface area contributed by atoms with Gasteiger partial charge in [0.1, 0.15) is 6.10 Å². The standard InChI is InChI=1S/C11H20O2.2C4H9.C3H8O3.O.Sn/c1-2-3-4-5-6-7-8-9-10-11(12)13;2*1-3-4-2;4-1-3(6)2-5;;/h2H,1,3-10H2,(H,12,13);2*1,3-4H2,2H3;3-6H,1-2H2;;. The average molecular weight is 525 g/mol. The molecular formula is C22H46O6Sn. The summed E-state index contributed by atoms with van der Waals surface area (Å²) in [5, 5.41) is 32.4. The van der Waals surface area contributed by atoms with Gasteiger partial charge in [-0.05, 0) is 19.3 Å². The van der Waals surface area contributed by atoms with Crippen molar-refractivity contribution in [3.8, 4) is 0 Å². The first-order valence-corrected chi connectivity index (χ1v) is 16.3. The molecule has 6 nitrogen and oxygen atoms in total. The Labute approximate surface area is 185 Å². The number of allylic oxidation sites excluding steroid dienone is 1. The number of hydrogen-bond donors (Lipinski definition) is 4. The molecule has 29 heavy (non-hydrogen) atoms. The fourth-order valence-corrected chi connectivity index (χ4v) is 7.19. The van der Waals surface area contributed by atoms with Crippen LogP contribution in [-0.4, -0.2) is 65.5 Å². The number of carbonyl (C=O) groups is 1. The molecule has 0 saturated heterocycles. The molecule has 0 radical (unpaired) electrons. The first-order valence-electron chi connectivity index (χ1n) is 11.1. The summed E-state index contributed by atoms with van der Waals surface area (Å²) < 4.78 is 13.4. The molecule has 0 aromatic heterocycles. The largest absolute Gasteiger partial charge is 0.394 e. The smallest absolute Gasteiger partial charge is 0.100 e. The number of aliphatic carboxylic acids is 1. The minimum atomic E-state index is -1.99. The third-order valence-electron chi connectivity index (χ3n) is 4.09. The molecule has 0 aliphatic heterocycles. The molecule has 0 bridgehead atoms. The minimum Gasteiger partial charge on any atom is -0.394 e. The van der Waals surface area contributed by atoms with Crippen molar-refractivity contribution in [2.75, 3.05) is 13.2 Å². The van der Waals surface area contributed by atoms with Gasteiger partial charge in [0.15, 0.2) is 0 Å². The predicted octanol–water partition coefficient (Wildman–Crippen LogP) is 4.72. The fraction of sp³-hybridized carbons (Fsp3) is 0.864. The van der Waals surface area contributed by atoms with Crippen LogP contribution in [0.2, 0.25) is 8.87 Å². The molecule has 0 saturated carbocycles. The van der Waals surface area contributed by atoms with Gasteiger partial charge in [-0.2, -0.15) is 0 Å². The number of aliphatic hydroxyl groups is 3. The van der Waals surface area contributed by atoms with Gasteiger partial charge in [-0.1, -0.05) is 31.8 Å². The van der Waals surface area contributed by atoms with Gasteiger partial charge in [0.05, 0.1) is 13.2 Å². The van der Waals surface area contributed by atoms with Crippen LogP contribution in [0.5, 0.6) is 0 Å². The summed E-state index contributed by atoms with van der Waals surface area (Å²) in [6.07, 6.45) is 14.0. The predicted molar refractivity (Wildman–Crippen MR) is 121 cm³/mol. The number of aliphatic hydroxyl groups excluding tert-OH is 3. The van der Waals surface area contributed by atoms with Gasteiger partial charge >= 0.3 is 77.2 Å². The number of hydrogen-bond acceptors (Lipinski definition) is 5. The molecule has 0 amide bonds. The average Bonchev–Trinajstić information content (AvgIpc) is 2.72. The summed E-state index contributed by atoms with van der Waals surface area (Å²) in [5.74, 6) is -0.674. The van der Waals surface area contributed by atoms with Crippen molar-refractivity contribution in [3.05, 3.63) is 12.7 Å². The Balaban J connectivity index is -0.000000375. The van der Waals surface area contributed by atoms with Crippen molar-refractivity contribution >= 4 is 25.7 Å². The van der Waals surface area contributed by atoms with Crippen molar-refractivity contribution in [2.45, 2.75) is 106 Å². The number of rotatable bonds is 17. The van der Waals surface area contributed by atoms with Crippen molar-refractivity contribution in [1.29, 1.82) is 0 Å². The van der Waals surface area contributed by atoms with E-state index >= 15 is 0 Å². The second kappa shape index (κ2) is 29.9. The van der Waals surface area contributed by atoms with E-state index in [9.17, 15) is 7.87 Å². The molecule has 7 heteroatoms.